The molecule has 3 heterocycles. The van der Waals surface area contributed by atoms with Crippen molar-refractivity contribution >= 4 is 36.4 Å². The van der Waals surface area contributed by atoms with Gasteiger partial charge in [0.15, 0.2) is 0 Å². The van der Waals surface area contributed by atoms with E-state index in [9.17, 15) is 0 Å². The Hall–Kier alpha value is -4.77. The molecule has 0 saturated carbocycles. The molecular weight excluding hydrogens is 799 g/mol. The van der Waals surface area contributed by atoms with Gasteiger partial charge in [0.1, 0.15) is 0 Å². The van der Waals surface area contributed by atoms with Gasteiger partial charge in [-0.15, -0.1) is 0 Å². The van der Waals surface area contributed by atoms with Crippen LogP contribution in [-0.2, 0) is 0 Å². The molecule has 3 fully saturated rings. The van der Waals surface area contributed by atoms with Gasteiger partial charge in [-0.25, -0.2) is 28.3 Å². The van der Waals surface area contributed by atoms with Gasteiger partial charge < -0.3 is 0 Å². The van der Waals surface area contributed by atoms with Gasteiger partial charge in [0, 0.05) is 36.4 Å². The van der Waals surface area contributed by atoms with Crippen LogP contribution in [0.25, 0.3) is 33.4 Å². The van der Waals surface area contributed by atoms with Gasteiger partial charge in [-0.3, -0.25) is 16.0 Å². The summed E-state index contributed by atoms with van der Waals surface area (Å²) in [6.07, 6.45) is 0.0832. The normalized spacial score (nSPS) is 23.2. The molecule has 3 aliphatic heterocycles. The molecule has 0 aliphatic carbocycles. The summed E-state index contributed by atoms with van der Waals surface area (Å²) in [4.78, 5) is 0. The number of hydrogen-bond acceptors (Lipinski definition) is 12. The molecule has 6 unspecified atom stereocenters. The smallest absolute Gasteiger partial charge is 0.0953 e. The van der Waals surface area contributed by atoms with Crippen LogP contribution in [0.2, 0.25) is 0 Å². The Morgan fingerprint density at radius 2 is 0.450 bits per heavy atom. The van der Waals surface area contributed by atoms with E-state index in [1.165, 1.54) is 69.8 Å². The highest BCUT2D eigenvalue weighted by Gasteiger charge is 2.26. The number of rotatable bonds is 9. The van der Waals surface area contributed by atoms with Crippen LogP contribution in [-0.4, -0.2) is 0 Å². The van der Waals surface area contributed by atoms with E-state index in [1.54, 1.807) is 0 Å². The second-order valence-electron chi connectivity index (χ2n) is 15.0. The summed E-state index contributed by atoms with van der Waals surface area (Å²) in [6.45, 7) is 0. The lowest BCUT2D eigenvalue weighted by atomic mass is 9.92. The van der Waals surface area contributed by atoms with Crippen molar-refractivity contribution in [3.05, 3.63) is 215 Å². The van der Waals surface area contributed by atoms with Crippen LogP contribution in [0.4, 0.5) is 0 Å². The zero-order valence-electron chi connectivity index (χ0n) is 32.5. The first-order valence-corrected chi connectivity index (χ1v) is 22.5. The van der Waals surface area contributed by atoms with Gasteiger partial charge in [0.2, 0.25) is 0 Å². The average Bonchev–Trinajstić information content (AvgIpc) is 3.35. The molecule has 0 aromatic heterocycles. The lowest BCUT2D eigenvalue weighted by Crippen LogP contribution is -2.45. The molecule has 10 rings (SSSR count). The van der Waals surface area contributed by atoms with Crippen molar-refractivity contribution in [1.29, 1.82) is 0 Å². The molecule has 3 saturated heterocycles. The predicted molar refractivity (Wildman–Crippen MR) is 250 cm³/mol. The predicted octanol–water partition coefficient (Wildman–Crippen LogP) is 9.82. The van der Waals surface area contributed by atoms with Gasteiger partial charge in [-0.1, -0.05) is 164 Å². The van der Waals surface area contributed by atoms with E-state index in [0.29, 0.717) is 0 Å². The molecule has 0 radical (unpaired) electrons. The minimum absolute atomic E-state index is 0.00924. The fourth-order valence-electron chi connectivity index (χ4n) is 7.81. The highest BCUT2D eigenvalue weighted by atomic mass is 32.2. The summed E-state index contributed by atoms with van der Waals surface area (Å²) in [5.41, 5.74) is 14.1. The molecule has 7 aromatic carbocycles. The second-order valence-corrected chi connectivity index (χ2v) is 17.0. The first kappa shape index (κ1) is 39.4. The maximum atomic E-state index is 3.71. The third kappa shape index (κ3) is 8.97. The molecule has 9 nitrogen and oxygen atoms in total. The first-order valence-electron chi connectivity index (χ1n) is 20.1. The molecule has 60 heavy (non-hydrogen) atoms. The summed E-state index contributed by atoms with van der Waals surface area (Å²) in [7, 11) is 0. The molecule has 300 valence electrons. The van der Waals surface area contributed by atoms with Gasteiger partial charge in [0.05, 0.1) is 37.0 Å². The summed E-state index contributed by atoms with van der Waals surface area (Å²) in [5, 5.41) is 11.1. The Morgan fingerprint density at radius 1 is 0.233 bits per heavy atom. The Bertz CT molecular complexity index is 2190. The number of hydrogen-bond donors (Lipinski definition) is 9. The average molecular weight is 844 g/mol. The fraction of sp³-hybridized carbons (Fsp3) is 0.125. The Labute approximate surface area is 364 Å². The van der Waals surface area contributed by atoms with Gasteiger partial charge >= 0.3 is 0 Å². The lowest BCUT2D eigenvalue weighted by Gasteiger charge is -2.32. The van der Waals surface area contributed by atoms with Crippen molar-refractivity contribution in [1.82, 2.24) is 44.3 Å². The monoisotopic (exact) mass is 843 g/mol. The van der Waals surface area contributed by atoms with Crippen LogP contribution in [0.5, 0.6) is 0 Å². The van der Waals surface area contributed by atoms with Crippen LogP contribution in [0, 0.1) is 0 Å². The van der Waals surface area contributed by atoms with Crippen LogP contribution in [0.3, 0.4) is 0 Å². The van der Waals surface area contributed by atoms with E-state index in [2.05, 4.69) is 208 Å². The highest BCUT2D eigenvalue weighted by molar-refractivity contribution is 7.95. The molecule has 0 amide bonds. The molecule has 9 N–H and O–H groups in total. The van der Waals surface area contributed by atoms with E-state index in [4.69, 9.17) is 0 Å². The second kappa shape index (κ2) is 18.5. The Morgan fingerprint density at radius 3 is 0.683 bits per heavy atom. The topological polar surface area (TPSA) is 108 Å². The molecular formula is C48H45N9S3. The molecule has 0 spiro atoms. The Balaban J connectivity index is 0.930. The van der Waals surface area contributed by atoms with Crippen molar-refractivity contribution in [2.45, 2.75) is 37.0 Å². The molecule has 6 atom stereocenters. The zero-order chi connectivity index (χ0) is 40.1. The van der Waals surface area contributed by atoms with Gasteiger partial charge in [-0.05, 0) is 85.0 Å². The van der Waals surface area contributed by atoms with E-state index in [0.717, 1.165) is 33.4 Å². The Kier molecular flexibility index (Phi) is 12.1. The van der Waals surface area contributed by atoms with Crippen LogP contribution >= 0.6 is 36.4 Å². The van der Waals surface area contributed by atoms with Gasteiger partial charge in [-0.2, -0.15) is 0 Å². The zero-order valence-corrected chi connectivity index (χ0v) is 35.0. The molecule has 7 aromatic rings. The third-order valence-corrected chi connectivity index (χ3v) is 13.2. The summed E-state index contributed by atoms with van der Waals surface area (Å²) in [5.74, 6) is 0. The fourth-order valence-corrected chi connectivity index (χ4v) is 9.95. The summed E-state index contributed by atoms with van der Waals surface area (Å²) >= 11 is 4.59. The van der Waals surface area contributed by atoms with Crippen molar-refractivity contribution < 1.29 is 0 Å². The maximum Gasteiger partial charge on any atom is 0.0953 e. The van der Waals surface area contributed by atoms with E-state index in [-0.39, 0.29) is 37.0 Å². The van der Waals surface area contributed by atoms with Crippen molar-refractivity contribution in [3.8, 4) is 33.4 Å². The van der Waals surface area contributed by atoms with Crippen molar-refractivity contribution in [2.75, 3.05) is 0 Å². The van der Waals surface area contributed by atoms with Crippen LogP contribution in [0.1, 0.15) is 70.4 Å². The van der Waals surface area contributed by atoms with Crippen LogP contribution < -0.4 is 44.3 Å². The summed E-state index contributed by atoms with van der Waals surface area (Å²) < 4.78 is 20.9. The number of nitrogens with one attached hydrogen (secondary N) is 9. The van der Waals surface area contributed by atoms with E-state index < -0.39 is 0 Å². The maximum absolute atomic E-state index is 3.71. The summed E-state index contributed by atoms with van der Waals surface area (Å²) in [6, 6.07) is 65.2. The van der Waals surface area contributed by atoms with Crippen LogP contribution in [0.15, 0.2) is 182 Å². The minimum Gasteiger partial charge on any atom is -0.277 e. The quantitative estimate of drug-likeness (QED) is 0.0646. The number of benzene rings is 7. The SMILES string of the molecule is c1ccc(C2NSNC(c3ccc(-c4cc(-c5ccc(C6NSNC(c7ccccc7)N6)cc5)cc(-c5ccc(C6NSNC(c7ccccc7)N6)cc5)c4)cc3)N2)cc1. The largest absolute Gasteiger partial charge is 0.277 e. The van der Waals surface area contributed by atoms with Gasteiger partial charge in [0.25, 0.3) is 0 Å². The van der Waals surface area contributed by atoms with E-state index in [1.807, 2.05) is 18.2 Å². The molecule has 3 aliphatic rings. The molecule has 12 heteroatoms. The highest BCUT2D eigenvalue weighted by Crippen LogP contribution is 2.36. The third-order valence-electron chi connectivity index (χ3n) is 11.1. The lowest BCUT2D eigenvalue weighted by molar-refractivity contribution is 0.402. The van der Waals surface area contributed by atoms with Crippen molar-refractivity contribution in [3.63, 3.8) is 0 Å². The molecule has 0 bridgehead atoms. The van der Waals surface area contributed by atoms with E-state index >= 15 is 0 Å². The standard InChI is InChI=1S/C48H45N9S3/c1-4-10-34(11-5-1)43-49-46(55-58-52-43)37-22-16-31(17-23-37)40-28-41(32-18-24-38(25-19-32)47-50-44(53-59-56-47)35-12-6-2-7-13-35)30-42(29-40)33-20-26-39(27-21-33)48-51-45(54-60-57-48)36-14-8-3-9-15-36/h1-30,43-57H. The van der Waals surface area contributed by atoms with Crippen molar-refractivity contribution in [2.24, 2.45) is 0 Å². The minimum atomic E-state index is -0.00924. The first-order chi connectivity index (χ1) is 29.7.